The summed E-state index contributed by atoms with van der Waals surface area (Å²) in [5, 5.41) is 12.0. The first-order chi connectivity index (χ1) is 8.38. The quantitative estimate of drug-likeness (QED) is 0.807. The Morgan fingerprint density at radius 1 is 1.44 bits per heavy atom. The van der Waals surface area contributed by atoms with E-state index < -0.39 is 11.9 Å². The van der Waals surface area contributed by atoms with Gasteiger partial charge in [-0.05, 0) is 26.2 Å². The molecule has 2 amide bonds. The zero-order valence-corrected chi connectivity index (χ0v) is 11.6. The van der Waals surface area contributed by atoms with Gasteiger partial charge in [0.1, 0.15) is 0 Å². The zero-order valence-electron chi connectivity index (χ0n) is 11.6. The van der Waals surface area contributed by atoms with E-state index in [1.807, 2.05) is 6.92 Å². The van der Waals surface area contributed by atoms with Crippen molar-refractivity contribution in [2.75, 3.05) is 6.54 Å². The van der Waals surface area contributed by atoms with Gasteiger partial charge in [0, 0.05) is 18.6 Å². The SMILES string of the molecule is CCC(C)C(C)NC(=O)N1CCC(C(=O)O)C1C. The highest BCUT2D eigenvalue weighted by molar-refractivity contribution is 5.78. The molecule has 1 aliphatic heterocycles. The summed E-state index contributed by atoms with van der Waals surface area (Å²) in [6, 6.07) is -0.260. The van der Waals surface area contributed by atoms with E-state index >= 15 is 0 Å². The van der Waals surface area contributed by atoms with Gasteiger partial charge in [0.05, 0.1) is 5.92 Å². The lowest BCUT2D eigenvalue weighted by Gasteiger charge is -2.27. The molecule has 0 aromatic carbocycles. The number of carboxylic acids is 1. The molecule has 0 radical (unpaired) electrons. The number of aliphatic carboxylic acids is 1. The van der Waals surface area contributed by atoms with Gasteiger partial charge in [0.25, 0.3) is 0 Å². The van der Waals surface area contributed by atoms with Gasteiger partial charge in [-0.3, -0.25) is 4.79 Å². The molecule has 1 aliphatic rings. The number of nitrogens with one attached hydrogen (secondary N) is 1. The average Bonchev–Trinajstić information content (AvgIpc) is 2.69. The molecule has 1 heterocycles. The maximum absolute atomic E-state index is 12.1. The summed E-state index contributed by atoms with van der Waals surface area (Å²) in [6.07, 6.45) is 1.55. The van der Waals surface area contributed by atoms with E-state index in [9.17, 15) is 9.59 Å². The lowest BCUT2D eigenvalue weighted by atomic mass is 10.0. The van der Waals surface area contributed by atoms with Crippen molar-refractivity contribution in [1.82, 2.24) is 10.2 Å². The minimum absolute atomic E-state index is 0.110. The smallest absolute Gasteiger partial charge is 0.317 e. The molecule has 1 rings (SSSR count). The molecule has 1 fully saturated rings. The van der Waals surface area contributed by atoms with E-state index in [4.69, 9.17) is 5.11 Å². The molecular formula is C13H24N2O3. The molecular weight excluding hydrogens is 232 g/mol. The van der Waals surface area contributed by atoms with E-state index in [1.165, 1.54) is 0 Å². The van der Waals surface area contributed by atoms with E-state index in [0.717, 1.165) is 6.42 Å². The molecule has 0 bridgehead atoms. The molecule has 5 heteroatoms. The number of rotatable bonds is 4. The van der Waals surface area contributed by atoms with Crippen molar-refractivity contribution in [3.8, 4) is 0 Å². The number of carbonyl (C=O) groups excluding carboxylic acids is 1. The molecule has 104 valence electrons. The van der Waals surface area contributed by atoms with Crippen LogP contribution in [-0.2, 0) is 4.79 Å². The Labute approximate surface area is 109 Å². The molecule has 4 atom stereocenters. The van der Waals surface area contributed by atoms with E-state index in [1.54, 1.807) is 11.8 Å². The normalized spacial score (nSPS) is 26.8. The number of hydrogen-bond donors (Lipinski definition) is 2. The molecule has 5 nitrogen and oxygen atoms in total. The minimum Gasteiger partial charge on any atom is -0.481 e. The lowest BCUT2D eigenvalue weighted by Crippen LogP contribution is -2.48. The van der Waals surface area contributed by atoms with Crippen molar-refractivity contribution < 1.29 is 14.7 Å². The molecule has 0 aromatic rings. The molecule has 0 aliphatic carbocycles. The highest BCUT2D eigenvalue weighted by atomic mass is 16.4. The summed E-state index contributed by atoms with van der Waals surface area (Å²) in [6.45, 7) is 8.50. The van der Waals surface area contributed by atoms with Crippen LogP contribution in [0, 0.1) is 11.8 Å². The topological polar surface area (TPSA) is 69.6 Å². The lowest BCUT2D eigenvalue weighted by molar-refractivity contribution is -0.142. The van der Waals surface area contributed by atoms with Crippen LogP contribution in [-0.4, -0.2) is 40.6 Å². The molecule has 1 saturated heterocycles. The van der Waals surface area contributed by atoms with Crippen LogP contribution in [0.25, 0.3) is 0 Å². The molecule has 4 unspecified atom stereocenters. The second-order valence-corrected chi connectivity index (χ2v) is 5.29. The fraction of sp³-hybridized carbons (Fsp3) is 0.846. The van der Waals surface area contributed by atoms with Crippen molar-refractivity contribution in [1.29, 1.82) is 0 Å². The third kappa shape index (κ3) is 3.15. The number of amides is 2. The summed E-state index contributed by atoms with van der Waals surface area (Å²) in [7, 11) is 0. The summed E-state index contributed by atoms with van der Waals surface area (Å²) >= 11 is 0. The van der Waals surface area contributed by atoms with Gasteiger partial charge in [0.2, 0.25) is 0 Å². The van der Waals surface area contributed by atoms with E-state index in [2.05, 4.69) is 19.2 Å². The van der Waals surface area contributed by atoms with Crippen molar-refractivity contribution in [2.24, 2.45) is 11.8 Å². The van der Waals surface area contributed by atoms with Crippen molar-refractivity contribution in [3.63, 3.8) is 0 Å². The Morgan fingerprint density at radius 2 is 2.06 bits per heavy atom. The van der Waals surface area contributed by atoms with Crippen molar-refractivity contribution >= 4 is 12.0 Å². The van der Waals surface area contributed by atoms with E-state index in [-0.39, 0.29) is 18.1 Å². The molecule has 0 saturated carbocycles. The summed E-state index contributed by atoms with van der Waals surface area (Å²) in [4.78, 5) is 24.7. The first kappa shape index (κ1) is 14.8. The highest BCUT2D eigenvalue weighted by Crippen LogP contribution is 2.24. The minimum atomic E-state index is -0.812. The van der Waals surface area contributed by atoms with Crippen LogP contribution >= 0.6 is 0 Å². The summed E-state index contributed by atoms with van der Waals surface area (Å²) in [5.41, 5.74) is 0. The van der Waals surface area contributed by atoms with Crippen LogP contribution in [0.4, 0.5) is 4.79 Å². The van der Waals surface area contributed by atoms with Crippen molar-refractivity contribution in [2.45, 2.75) is 52.6 Å². The Balaban J connectivity index is 2.56. The number of nitrogens with zero attached hydrogens (tertiary/aromatic N) is 1. The predicted octanol–water partition coefficient (Wildman–Crippen LogP) is 1.93. The van der Waals surface area contributed by atoms with Crippen LogP contribution in [0.2, 0.25) is 0 Å². The first-order valence-corrected chi connectivity index (χ1v) is 6.68. The number of urea groups is 1. The maximum atomic E-state index is 12.1. The van der Waals surface area contributed by atoms with Gasteiger partial charge in [-0.2, -0.15) is 0 Å². The van der Waals surface area contributed by atoms with Crippen molar-refractivity contribution in [3.05, 3.63) is 0 Å². The second-order valence-electron chi connectivity index (χ2n) is 5.29. The third-order valence-corrected chi connectivity index (χ3v) is 4.18. The molecule has 0 aromatic heterocycles. The number of hydrogen-bond acceptors (Lipinski definition) is 2. The number of carbonyl (C=O) groups is 2. The standard InChI is InChI=1S/C13H24N2O3/c1-5-8(2)9(3)14-13(18)15-7-6-11(10(15)4)12(16)17/h8-11H,5-7H2,1-4H3,(H,14,18)(H,16,17). The van der Waals surface area contributed by atoms with Crippen LogP contribution in [0.1, 0.15) is 40.5 Å². The monoisotopic (exact) mass is 256 g/mol. The average molecular weight is 256 g/mol. The van der Waals surface area contributed by atoms with Crippen LogP contribution < -0.4 is 5.32 Å². The van der Waals surface area contributed by atoms with Gasteiger partial charge in [-0.1, -0.05) is 20.3 Å². The van der Waals surface area contributed by atoms with Crippen LogP contribution in [0.3, 0.4) is 0 Å². The van der Waals surface area contributed by atoms with Gasteiger partial charge in [0.15, 0.2) is 0 Å². The van der Waals surface area contributed by atoms with Gasteiger partial charge in [-0.15, -0.1) is 0 Å². The first-order valence-electron chi connectivity index (χ1n) is 6.68. The summed E-state index contributed by atoms with van der Waals surface area (Å²) < 4.78 is 0. The number of likely N-dealkylation sites (tertiary alicyclic amines) is 1. The molecule has 0 spiro atoms. The maximum Gasteiger partial charge on any atom is 0.317 e. The third-order valence-electron chi connectivity index (χ3n) is 4.18. The fourth-order valence-corrected chi connectivity index (χ4v) is 2.33. The Morgan fingerprint density at radius 3 is 2.50 bits per heavy atom. The second kappa shape index (κ2) is 6.07. The van der Waals surface area contributed by atoms with Gasteiger partial charge < -0.3 is 15.3 Å². The van der Waals surface area contributed by atoms with Crippen LogP contribution in [0.5, 0.6) is 0 Å². The molecule has 2 N–H and O–H groups in total. The number of carboxylic acid groups (broad SMARTS) is 1. The van der Waals surface area contributed by atoms with E-state index in [0.29, 0.717) is 18.9 Å². The summed E-state index contributed by atoms with van der Waals surface area (Å²) in [5.74, 6) is -0.829. The highest BCUT2D eigenvalue weighted by Gasteiger charge is 2.38. The Bertz CT molecular complexity index is 319. The molecule has 18 heavy (non-hydrogen) atoms. The Kier molecular flexibility index (Phi) is 4.99. The van der Waals surface area contributed by atoms with Gasteiger partial charge in [-0.25, -0.2) is 4.79 Å². The zero-order chi connectivity index (χ0) is 13.9. The van der Waals surface area contributed by atoms with Gasteiger partial charge >= 0.3 is 12.0 Å². The van der Waals surface area contributed by atoms with Crippen LogP contribution in [0.15, 0.2) is 0 Å². The predicted molar refractivity (Wildman–Crippen MR) is 69.4 cm³/mol. The fourth-order valence-electron chi connectivity index (χ4n) is 2.33. The Hall–Kier alpha value is -1.26. The largest absolute Gasteiger partial charge is 0.481 e.